The largest absolute Gasteiger partial charge is 0.342 e. The number of nitrogens with one attached hydrogen (secondary N) is 2. The Labute approximate surface area is 179 Å². The van der Waals surface area contributed by atoms with Crippen molar-refractivity contribution in [2.24, 2.45) is 0 Å². The van der Waals surface area contributed by atoms with Gasteiger partial charge in [0.15, 0.2) is 5.82 Å². The SMILES string of the molecule is Cc1nc(-c2ccc(NC(=O)c3ccccc3SCC(=O)N3CCCC3)cc2)n[nH]1. The van der Waals surface area contributed by atoms with Gasteiger partial charge in [-0.1, -0.05) is 12.1 Å². The second-order valence-corrected chi connectivity index (χ2v) is 8.17. The van der Waals surface area contributed by atoms with E-state index in [0.717, 1.165) is 42.2 Å². The standard InChI is InChI=1S/C22H23N5O2S/c1-15-23-21(26-25-15)16-8-10-17(11-9-16)24-22(29)18-6-2-3-7-19(18)30-14-20(28)27-12-4-5-13-27/h2-3,6-11H,4-5,12-14H2,1H3,(H,24,29)(H,23,25,26). The maximum Gasteiger partial charge on any atom is 0.256 e. The maximum absolute atomic E-state index is 12.8. The molecule has 2 amide bonds. The summed E-state index contributed by atoms with van der Waals surface area (Å²) < 4.78 is 0. The molecular weight excluding hydrogens is 398 g/mol. The maximum atomic E-state index is 12.8. The zero-order valence-electron chi connectivity index (χ0n) is 16.7. The van der Waals surface area contributed by atoms with Crippen LogP contribution in [0.15, 0.2) is 53.4 Å². The van der Waals surface area contributed by atoms with Gasteiger partial charge in [0.2, 0.25) is 5.91 Å². The fourth-order valence-corrected chi connectivity index (χ4v) is 4.30. The Kier molecular flexibility index (Phi) is 6.13. The van der Waals surface area contributed by atoms with Crippen LogP contribution < -0.4 is 5.32 Å². The summed E-state index contributed by atoms with van der Waals surface area (Å²) in [6, 6.07) is 14.8. The Morgan fingerprint density at radius 1 is 1.10 bits per heavy atom. The molecule has 2 N–H and O–H groups in total. The van der Waals surface area contributed by atoms with Crippen molar-refractivity contribution in [3.05, 3.63) is 59.9 Å². The van der Waals surface area contributed by atoms with Crippen LogP contribution in [0.3, 0.4) is 0 Å². The van der Waals surface area contributed by atoms with Crippen molar-refractivity contribution in [1.29, 1.82) is 0 Å². The Morgan fingerprint density at radius 3 is 2.53 bits per heavy atom. The number of H-pyrrole nitrogens is 1. The highest BCUT2D eigenvalue weighted by atomic mass is 32.2. The van der Waals surface area contributed by atoms with Crippen LogP contribution in [0.2, 0.25) is 0 Å². The highest BCUT2D eigenvalue weighted by Crippen LogP contribution is 2.25. The number of aromatic nitrogens is 3. The Hall–Kier alpha value is -3.13. The lowest BCUT2D eigenvalue weighted by molar-refractivity contribution is -0.127. The minimum absolute atomic E-state index is 0.130. The van der Waals surface area contributed by atoms with Crippen molar-refractivity contribution >= 4 is 29.3 Å². The van der Waals surface area contributed by atoms with Gasteiger partial charge in [-0.25, -0.2) is 4.98 Å². The number of nitrogens with zero attached hydrogens (tertiary/aromatic N) is 3. The van der Waals surface area contributed by atoms with Crippen LogP contribution >= 0.6 is 11.8 Å². The molecule has 1 aliphatic rings. The summed E-state index contributed by atoms with van der Waals surface area (Å²) in [5.41, 5.74) is 2.11. The van der Waals surface area contributed by atoms with Crippen molar-refractivity contribution in [1.82, 2.24) is 20.1 Å². The molecule has 1 aromatic heterocycles. The van der Waals surface area contributed by atoms with E-state index in [1.165, 1.54) is 11.8 Å². The molecule has 2 heterocycles. The summed E-state index contributed by atoms with van der Waals surface area (Å²) in [5, 5.41) is 9.89. The van der Waals surface area contributed by atoms with Crippen LogP contribution in [0.5, 0.6) is 0 Å². The van der Waals surface area contributed by atoms with Gasteiger partial charge < -0.3 is 10.2 Å². The van der Waals surface area contributed by atoms with E-state index in [0.29, 0.717) is 22.8 Å². The van der Waals surface area contributed by atoms with Crippen LogP contribution in [-0.4, -0.2) is 50.7 Å². The van der Waals surface area contributed by atoms with Crippen LogP contribution in [0.1, 0.15) is 29.0 Å². The molecule has 0 aliphatic carbocycles. The first kappa shape index (κ1) is 20.2. The monoisotopic (exact) mass is 421 g/mol. The van der Waals surface area contributed by atoms with Gasteiger partial charge in [-0.15, -0.1) is 11.8 Å². The average molecular weight is 422 g/mol. The second-order valence-electron chi connectivity index (χ2n) is 7.15. The Morgan fingerprint density at radius 2 is 1.83 bits per heavy atom. The highest BCUT2D eigenvalue weighted by Gasteiger charge is 2.19. The molecule has 4 rings (SSSR count). The van der Waals surface area contributed by atoms with Gasteiger partial charge in [0.05, 0.1) is 11.3 Å². The van der Waals surface area contributed by atoms with Crippen LogP contribution in [0, 0.1) is 6.92 Å². The van der Waals surface area contributed by atoms with E-state index in [1.807, 2.05) is 54.3 Å². The molecule has 7 nitrogen and oxygen atoms in total. The number of hydrogen-bond donors (Lipinski definition) is 2. The lowest BCUT2D eigenvalue weighted by atomic mass is 10.1. The molecule has 0 spiro atoms. The van der Waals surface area contributed by atoms with Crippen molar-refractivity contribution < 1.29 is 9.59 Å². The molecule has 0 saturated carbocycles. The fraction of sp³-hybridized carbons (Fsp3) is 0.273. The molecule has 1 fully saturated rings. The van der Waals surface area contributed by atoms with E-state index in [2.05, 4.69) is 20.5 Å². The quantitative estimate of drug-likeness (QED) is 0.592. The minimum atomic E-state index is -0.201. The summed E-state index contributed by atoms with van der Waals surface area (Å²) in [5.74, 6) is 1.64. The lowest BCUT2D eigenvalue weighted by Crippen LogP contribution is -2.29. The first-order valence-electron chi connectivity index (χ1n) is 9.90. The summed E-state index contributed by atoms with van der Waals surface area (Å²) in [6.07, 6.45) is 2.15. The van der Waals surface area contributed by atoms with Crippen molar-refractivity contribution in [2.45, 2.75) is 24.7 Å². The molecule has 3 aromatic rings. The molecule has 0 unspecified atom stereocenters. The fourth-order valence-electron chi connectivity index (χ4n) is 3.35. The van der Waals surface area contributed by atoms with Gasteiger partial charge in [0.1, 0.15) is 5.82 Å². The van der Waals surface area contributed by atoms with E-state index < -0.39 is 0 Å². The number of carbonyl (C=O) groups excluding carboxylic acids is 2. The van der Waals surface area contributed by atoms with Crippen molar-refractivity contribution in [2.75, 3.05) is 24.2 Å². The number of carbonyl (C=O) groups is 2. The number of anilines is 1. The molecule has 0 atom stereocenters. The third kappa shape index (κ3) is 4.71. The third-order valence-corrected chi connectivity index (χ3v) is 6.00. The molecule has 1 aliphatic heterocycles. The van der Waals surface area contributed by atoms with Crippen LogP contribution in [-0.2, 0) is 4.79 Å². The Bertz CT molecular complexity index is 1040. The first-order valence-corrected chi connectivity index (χ1v) is 10.9. The average Bonchev–Trinajstić information content (AvgIpc) is 3.45. The number of likely N-dealkylation sites (tertiary alicyclic amines) is 1. The predicted molar refractivity (Wildman–Crippen MR) is 117 cm³/mol. The molecule has 30 heavy (non-hydrogen) atoms. The molecule has 0 bridgehead atoms. The van der Waals surface area contributed by atoms with Crippen molar-refractivity contribution in [3.63, 3.8) is 0 Å². The van der Waals surface area contributed by atoms with Gasteiger partial charge in [0.25, 0.3) is 5.91 Å². The van der Waals surface area contributed by atoms with E-state index in [4.69, 9.17) is 0 Å². The number of aromatic amines is 1. The lowest BCUT2D eigenvalue weighted by Gasteiger charge is -2.15. The second kappa shape index (κ2) is 9.13. The number of hydrogen-bond acceptors (Lipinski definition) is 5. The van der Waals surface area contributed by atoms with Crippen molar-refractivity contribution in [3.8, 4) is 11.4 Å². The van der Waals surface area contributed by atoms with E-state index in [-0.39, 0.29) is 11.8 Å². The summed E-state index contributed by atoms with van der Waals surface area (Å²) in [4.78, 5) is 32.2. The van der Waals surface area contributed by atoms with Gasteiger partial charge in [-0.3, -0.25) is 14.7 Å². The van der Waals surface area contributed by atoms with Gasteiger partial charge in [-0.2, -0.15) is 5.10 Å². The summed E-state index contributed by atoms with van der Waals surface area (Å²) >= 11 is 1.41. The molecular formula is C22H23N5O2S. The molecule has 0 radical (unpaired) electrons. The van der Waals surface area contributed by atoms with Crippen LogP contribution in [0.25, 0.3) is 11.4 Å². The van der Waals surface area contributed by atoms with Crippen LogP contribution in [0.4, 0.5) is 5.69 Å². The van der Waals surface area contributed by atoms with Gasteiger partial charge in [-0.05, 0) is 56.2 Å². The normalized spacial score (nSPS) is 13.4. The summed E-state index contributed by atoms with van der Waals surface area (Å²) in [6.45, 7) is 3.52. The Balaban J connectivity index is 1.41. The summed E-state index contributed by atoms with van der Waals surface area (Å²) in [7, 11) is 0. The zero-order chi connectivity index (χ0) is 20.9. The van der Waals surface area contributed by atoms with E-state index >= 15 is 0 Å². The molecule has 8 heteroatoms. The van der Waals surface area contributed by atoms with Gasteiger partial charge in [0, 0.05) is 29.2 Å². The predicted octanol–water partition coefficient (Wildman–Crippen LogP) is 3.75. The number of benzene rings is 2. The van der Waals surface area contributed by atoms with Gasteiger partial charge >= 0.3 is 0 Å². The number of rotatable bonds is 6. The van der Waals surface area contributed by atoms with E-state index in [9.17, 15) is 9.59 Å². The third-order valence-electron chi connectivity index (χ3n) is 4.94. The molecule has 2 aromatic carbocycles. The number of thioether (sulfide) groups is 1. The zero-order valence-corrected chi connectivity index (χ0v) is 17.5. The number of aryl methyl sites for hydroxylation is 1. The highest BCUT2D eigenvalue weighted by molar-refractivity contribution is 8.00. The number of amides is 2. The van der Waals surface area contributed by atoms with E-state index in [1.54, 1.807) is 6.07 Å². The molecule has 154 valence electrons. The minimum Gasteiger partial charge on any atom is -0.342 e. The first-order chi connectivity index (χ1) is 14.6. The smallest absolute Gasteiger partial charge is 0.256 e. The topological polar surface area (TPSA) is 91.0 Å². The molecule has 1 saturated heterocycles.